The van der Waals surface area contributed by atoms with Crippen molar-refractivity contribution in [1.29, 1.82) is 0 Å². The van der Waals surface area contributed by atoms with Crippen molar-refractivity contribution >= 4 is 8.07 Å². The molecular formula is C13H24OSi. The topological polar surface area (TPSA) is 20.2 Å². The fourth-order valence-electron chi connectivity index (χ4n) is 1.18. The Kier molecular flexibility index (Phi) is 7.46. The van der Waals surface area contributed by atoms with E-state index in [2.05, 4.69) is 44.1 Å². The molecule has 0 aromatic heterocycles. The molecule has 0 aromatic carbocycles. The highest BCUT2D eigenvalue weighted by atomic mass is 28.3. The van der Waals surface area contributed by atoms with E-state index in [4.69, 9.17) is 5.11 Å². The van der Waals surface area contributed by atoms with Crippen LogP contribution < -0.4 is 0 Å². The first-order valence-electron chi connectivity index (χ1n) is 5.72. The molecule has 86 valence electrons. The van der Waals surface area contributed by atoms with Crippen molar-refractivity contribution < 1.29 is 5.11 Å². The van der Waals surface area contributed by atoms with Crippen molar-refractivity contribution in [1.82, 2.24) is 0 Å². The molecule has 0 saturated heterocycles. The molecule has 0 fully saturated rings. The molecule has 0 aliphatic rings. The van der Waals surface area contributed by atoms with Crippen LogP contribution in [0.4, 0.5) is 0 Å². The van der Waals surface area contributed by atoms with Gasteiger partial charge in [-0.3, -0.25) is 0 Å². The third-order valence-corrected chi connectivity index (χ3v) is 2.88. The molecule has 2 heteroatoms. The molecule has 1 N–H and O–H groups in total. The van der Waals surface area contributed by atoms with Gasteiger partial charge in [0.25, 0.3) is 0 Å². The number of unbranched alkanes of at least 4 members (excludes halogenated alkanes) is 1. The van der Waals surface area contributed by atoms with E-state index in [-0.39, 0.29) is 0 Å². The number of hydrogen-bond donors (Lipinski definition) is 1. The van der Waals surface area contributed by atoms with Gasteiger partial charge in [0.05, 0.1) is 0 Å². The minimum atomic E-state index is -1.17. The van der Waals surface area contributed by atoms with E-state index >= 15 is 0 Å². The summed E-state index contributed by atoms with van der Waals surface area (Å²) in [5.41, 5.74) is 4.73. The Balaban J connectivity index is 3.72. The summed E-state index contributed by atoms with van der Waals surface area (Å²) in [5, 5.41) is 8.67. The summed E-state index contributed by atoms with van der Waals surface area (Å²) in [5.74, 6) is 3.25. The van der Waals surface area contributed by atoms with Gasteiger partial charge >= 0.3 is 0 Å². The summed E-state index contributed by atoms with van der Waals surface area (Å²) in [4.78, 5) is 0. The standard InChI is InChI=1S/C13H24OSi/c1-13(10-8-11-14)9-6-5-7-12-15(2,3)4/h9,14H,5-6,8,10-11H2,1-4H3. The van der Waals surface area contributed by atoms with Crippen LogP contribution in [0.1, 0.15) is 32.6 Å². The summed E-state index contributed by atoms with van der Waals surface area (Å²) in [6.45, 7) is 9.22. The minimum Gasteiger partial charge on any atom is -0.396 e. The van der Waals surface area contributed by atoms with Gasteiger partial charge in [-0.15, -0.1) is 11.5 Å². The summed E-state index contributed by atoms with van der Waals surface area (Å²) < 4.78 is 0. The van der Waals surface area contributed by atoms with Gasteiger partial charge < -0.3 is 5.11 Å². The zero-order valence-corrected chi connectivity index (χ0v) is 11.6. The van der Waals surface area contributed by atoms with E-state index in [1.807, 2.05) is 0 Å². The van der Waals surface area contributed by atoms with Crippen molar-refractivity contribution in [2.45, 2.75) is 52.2 Å². The van der Waals surface area contributed by atoms with Crippen molar-refractivity contribution in [3.63, 3.8) is 0 Å². The largest absolute Gasteiger partial charge is 0.396 e. The molecule has 0 unspecified atom stereocenters. The first-order valence-corrected chi connectivity index (χ1v) is 9.22. The zero-order valence-electron chi connectivity index (χ0n) is 10.6. The quantitative estimate of drug-likeness (QED) is 0.328. The first-order chi connectivity index (χ1) is 6.95. The second kappa shape index (κ2) is 7.73. The number of hydrogen-bond acceptors (Lipinski definition) is 1. The fraction of sp³-hybridized carbons (Fsp3) is 0.692. The summed E-state index contributed by atoms with van der Waals surface area (Å²) in [7, 11) is -1.17. The highest BCUT2D eigenvalue weighted by Crippen LogP contribution is 2.05. The average molecular weight is 224 g/mol. The lowest BCUT2D eigenvalue weighted by molar-refractivity contribution is 0.288. The maximum absolute atomic E-state index is 8.67. The van der Waals surface area contributed by atoms with Gasteiger partial charge in [0, 0.05) is 13.0 Å². The van der Waals surface area contributed by atoms with E-state index in [9.17, 15) is 0 Å². The third kappa shape index (κ3) is 11.4. The van der Waals surface area contributed by atoms with Gasteiger partial charge in [0.15, 0.2) is 0 Å². The Morgan fingerprint density at radius 3 is 2.53 bits per heavy atom. The molecule has 0 aromatic rings. The Morgan fingerprint density at radius 2 is 2.00 bits per heavy atom. The monoisotopic (exact) mass is 224 g/mol. The molecule has 0 atom stereocenters. The van der Waals surface area contributed by atoms with Gasteiger partial charge in [-0.2, -0.15) is 0 Å². The van der Waals surface area contributed by atoms with Gasteiger partial charge in [0.1, 0.15) is 8.07 Å². The summed E-state index contributed by atoms with van der Waals surface area (Å²) >= 11 is 0. The molecule has 0 bridgehead atoms. The Morgan fingerprint density at radius 1 is 1.33 bits per heavy atom. The number of aliphatic hydroxyl groups excluding tert-OH is 1. The van der Waals surface area contributed by atoms with Crippen molar-refractivity contribution in [2.24, 2.45) is 0 Å². The van der Waals surface area contributed by atoms with E-state index in [1.54, 1.807) is 0 Å². The maximum Gasteiger partial charge on any atom is 0.129 e. The van der Waals surface area contributed by atoms with Crippen molar-refractivity contribution in [3.8, 4) is 11.5 Å². The van der Waals surface area contributed by atoms with Gasteiger partial charge in [-0.25, -0.2) is 0 Å². The van der Waals surface area contributed by atoms with E-state index in [0.29, 0.717) is 6.61 Å². The predicted octanol–water partition coefficient (Wildman–Crippen LogP) is 3.37. The average Bonchev–Trinajstić information content (AvgIpc) is 2.12. The van der Waals surface area contributed by atoms with Crippen molar-refractivity contribution in [3.05, 3.63) is 11.6 Å². The molecular weight excluding hydrogens is 200 g/mol. The maximum atomic E-state index is 8.67. The SMILES string of the molecule is CC(=CCCC#C[Si](C)(C)C)CCCO. The number of rotatable bonds is 5. The molecule has 0 spiro atoms. The van der Waals surface area contributed by atoms with Crippen LogP contribution in [0, 0.1) is 11.5 Å². The van der Waals surface area contributed by atoms with Crippen LogP contribution in [-0.2, 0) is 0 Å². The molecule has 0 rings (SSSR count). The lowest BCUT2D eigenvalue weighted by atomic mass is 10.1. The Labute approximate surface area is 95.6 Å². The second-order valence-electron chi connectivity index (χ2n) is 4.97. The van der Waals surface area contributed by atoms with Crippen LogP contribution in [0.3, 0.4) is 0 Å². The molecule has 0 radical (unpaired) electrons. The van der Waals surface area contributed by atoms with Crippen LogP contribution in [0.2, 0.25) is 19.6 Å². The minimum absolute atomic E-state index is 0.292. The molecule has 0 aliphatic heterocycles. The van der Waals surface area contributed by atoms with E-state index < -0.39 is 8.07 Å². The lowest BCUT2D eigenvalue weighted by Crippen LogP contribution is -2.16. The Bertz CT molecular complexity index is 250. The number of allylic oxidation sites excluding steroid dienone is 2. The highest BCUT2D eigenvalue weighted by Gasteiger charge is 2.06. The lowest BCUT2D eigenvalue weighted by Gasteiger charge is -2.03. The molecule has 1 nitrogen and oxygen atoms in total. The van der Waals surface area contributed by atoms with Gasteiger partial charge in [0.2, 0.25) is 0 Å². The molecule has 0 amide bonds. The van der Waals surface area contributed by atoms with Crippen LogP contribution in [0.15, 0.2) is 11.6 Å². The van der Waals surface area contributed by atoms with E-state index in [1.165, 1.54) is 5.57 Å². The highest BCUT2D eigenvalue weighted by molar-refractivity contribution is 6.83. The summed E-state index contributed by atoms with van der Waals surface area (Å²) in [6.07, 6.45) is 6.16. The molecule has 0 saturated carbocycles. The normalized spacial score (nSPS) is 12.2. The van der Waals surface area contributed by atoms with Crippen LogP contribution >= 0.6 is 0 Å². The first kappa shape index (κ1) is 14.5. The van der Waals surface area contributed by atoms with Gasteiger partial charge in [-0.05, 0) is 26.2 Å². The molecule has 15 heavy (non-hydrogen) atoms. The zero-order chi connectivity index (χ0) is 11.7. The Hall–Kier alpha value is -0.523. The van der Waals surface area contributed by atoms with Crippen molar-refractivity contribution in [2.75, 3.05) is 6.61 Å². The summed E-state index contributed by atoms with van der Waals surface area (Å²) in [6, 6.07) is 0. The number of aliphatic hydroxyl groups is 1. The van der Waals surface area contributed by atoms with Crippen LogP contribution in [0.25, 0.3) is 0 Å². The molecule has 0 heterocycles. The van der Waals surface area contributed by atoms with Crippen LogP contribution in [0.5, 0.6) is 0 Å². The predicted molar refractivity (Wildman–Crippen MR) is 70.4 cm³/mol. The second-order valence-corrected chi connectivity index (χ2v) is 9.72. The third-order valence-electron chi connectivity index (χ3n) is 1.95. The smallest absolute Gasteiger partial charge is 0.129 e. The van der Waals surface area contributed by atoms with Crippen LogP contribution in [-0.4, -0.2) is 19.8 Å². The van der Waals surface area contributed by atoms with Gasteiger partial charge in [-0.1, -0.05) is 31.3 Å². The molecule has 0 aliphatic carbocycles. The van der Waals surface area contributed by atoms with E-state index in [0.717, 1.165) is 25.7 Å². The fourth-order valence-corrected chi connectivity index (χ4v) is 1.83.